The smallest absolute Gasteiger partial charge is 0.339 e. The molecule has 0 radical (unpaired) electrons. The molecule has 0 heterocycles. The normalized spacial score (nSPS) is 18.0. The lowest BCUT2D eigenvalue weighted by molar-refractivity contribution is 0.0681. The molecule has 1 aromatic rings. The number of hydrogen-bond donors (Lipinski definition) is 1. The summed E-state index contributed by atoms with van der Waals surface area (Å²) in [5.41, 5.74) is 1.16. The molecule has 19 heavy (non-hydrogen) atoms. The number of aryl methyl sites for hydroxylation is 1. The van der Waals surface area contributed by atoms with Gasteiger partial charge in [0, 0.05) is 0 Å². The van der Waals surface area contributed by atoms with Crippen molar-refractivity contribution in [2.24, 2.45) is 5.92 Å². The molecule has 0 spiro atoms. The van der Waals surface area contributed by atoms with E-state index in [1.165, 1.54) is 32.1 Å². The van der Waals surface area contributed by atoms with E-state index in [1.54, 1.807) is 12.1 Å². The van der Waals surface area contributed by atoms with E-state index in [1.807, 2.05) is 13.0 Å². The van der Waals surface area contributed by atoms with E-state index in [-0.39, 0.29) is 11.7 Å². The van der Waals surface area contributed by atoms with Crippen molar-refractivity contribution in [3.63, 3.8) is 0 Å². The number of hydrogen-bond acceptors (Lipinski definition) is 2. The van der Waals surface area contributed by atoms with Crippen molar-refractivity contribution in [1.29, 1.82) is 0 Å². The molecular formula is C16H22O3. The van der Waals surface area contributed by atoms with Crippen LogP contribution < -0.4 is 4.74 Å². The Labute approximate surface area is 114 Å². The van der Waals surface area contributed by atoms with Crippen molar-refractivity contribution in [3.05, 3.63) is 29.3 Å². The zero-order chi connectivity index (χ0) is 13.8. The Bertz CT molecular complexity index is 447. The van der Waals surface area contributed by atoms with Gasteiger partial charge >= 0.3 is 5.97 Å². The number of para-hydroxylation sites is 1. The molecule has 1 fully saturated rings. The van der Waals surface area contributed by atoms with Crippen molar-refractivity contribution in [2.75, 3.05) is 0 Å². The average molecular weight is 262 g/mol. The minimum atomic E-state index is -0.922. The molecule has 104 valence electrons. The number of aromatic carboxylic acids is 1. The molecule has 1 aromatic carbocycles. The van der Waals surface area contributed by atoms with Gasteiger partial charge in [-0.25, -0.2) is 4.79 Å². The monoisotopic (exact) mass is 262 g/mol. The molecule has 1 aliphatic carbocycles. The van der Waals surface area contributed by atoms with Gasteiger partial charge in [0.05, 0.1) is 6.10 Å². The first-order valence-corrected chi connectivity index (χ1v) is 7.09. The minimum absolute atomic E-state index is 0.0829. The molecule has 0 aromatic heterocycles. The summed E-state index contributed by atoms with van der Waals surface area (Å²) < 4.78 is 6.00. The van der Waals surface area contributed by atoms with Crippen LogP contribution >= 0.6 is 0 Å². The van der Waals surface area contributed by atoms with Gasteiger partial charge in [-0.15, -0.1) is 0 Å². The van der Waals surface area contributed by atoms with E-state index in [9.17, 15) is 9.90 Å². The summed E-state index contributed by atoms with van der Waals surface area (Å²) in [4.78, 5) is 11.3. The van der Waals surface area contributed by atoms with Crippen LogP contribution in [0.4, 0.5) is 0 Å². The third-order valence-electron chi connectivity index (χ3n) is 4.06. The zero-order valence-electron chi connectivity index (χ0n) is 11.7. The molecule has 2 rings (SSSR count). The quantitative estimate of drug-likeness (QED) is 0.890. The lowest BCUT2D eigenvalue weighted by Gasteiger charge is -2.29. The molecule has 0 amide bonds. The Morgan fingerprint density at radius 2 is 2.00 bits per heavy atom. The Balaban J connectivity index is 2.15. The van der Waals surface area contributed by atoms with Gasteiger partial charge in [0.25, 0.3) is 0 Å². The molecule has 0 aliphatic heterocycles. The lowest BCUT2D eigenvalue weighted by Crippen LogP contribution is -2.26. The van der Waals surface area contributed by atoms with Crippen LogP contribution in [-0.4, -0.2) is 17.2 Å². The van der Waals surface area contributed by atoms with Crippen LogP contribution in [0, 0.1) is 12.8 Å². The van der Waals surface area contributed by atoms with Crippen LogP contribution in [0.5, 0.6) is 5.75 Å². The first kappa shape index (κ1) is 13.9. The largest absolute Gasteiger partial charge is 0.489 e. The number of carbonyl (C=O) groups is 1. The number of rotatable bonds is 4. The van der Waals surface area contributed by atoms with Crippen molar-refractivity contribution in [2.45, 2.75) is 52.1 Å². The van der Waals surface area contributed by atoms with E-state index in [4.69, 9.17) is 4.74 Å². The second kappa shape index (κ2) is 6.09. The lowest BCUT2D eigenvalue weighted by atomic mass is 9.86. The van der Waals surface area contributed by atoms with Crippen LogP contribution in [-0.2, 0) is 0 Å². The number of carboxylic acids is 1. The first-order valence-electron chi connectivity index (χ1n) is 7.09. The summed E-state index contributed by atoms with van der Waals surface area (Å²) in [5, 5.41) is 9.23. The SMILES string of the molecule is Cc1cccc(C(=O)O)c1OC(C)C1CCCCC1. The van der Waals surface area contributed by atoms with Crippen LogP contribution in [0.15, 0.2) is 18.2 Å². The second-order valence-corrected chi connectivity index (χ2v) is 5.48. The summed E-state index contributed by atoms with van der Waals surface area (Å²) in [6.07, 6.45) is 6.30. The number of carboxylic acid groups (broad SMARTS) is 1. The van der Waals surface area contributed by atoms with Gasteiger partial charge in [0.2, 0.25) is 0 Å². The van der Waals surface area contributed by atoms with E-state index < -0.39 is 5.97 Å². The van der Waals surface area contributed by atoms with Crippen LogP contribution in [0.25, 0.3) is 0 Å². The molecule has 1 saturated carbocycles. The van der Waals surface area contributed by atoms with Gasteiger partial charge < -0.3 is 9.84 Å². The fourth-order valence-electron chi connectivity index (χ4n) is 2.86. The van der Waals surface area contributed by atoms with Crippen molar-refractivity contribution < 1.29 is 14.6 Å². The summed E-state index contributed by atoms with van der Waals surface area (Å²) in [6, 6.07) is 5.27. The summed E-state index contributed by atoms with van der Waals surface area (Å²) in [6.45, 7) is 3.96. The van der Waals surface area contributed by atoms with E-state index in [0.717, 1.165) is 5.56 Å². The number of ether oxygens (including phenoxy) is 1. The maximum atomic E-state index is 11.3. The third-order valence-corrected chi connectivity index (χ3v) is 4.06. The molecule has 0 bridgehead atoms. The fourth-order valence-corrected chi connectivity index (χ4v) is 2.86. The van der Waals surface area contributed by atoms with E-state index in [2.05, 4.69) is 6.92 Å². The zero-order valence-corrected chi connectivity index (χ0v) is 11.7. The Morgan fingerprint density at radius 3 is 2.63 bits per heavy atom. The highest BCUT2D eigenvalue weighted by Crippen LogP contribution is 2.31. The molecule has 3 heteroatoms. The predicted molar refractivity (Wildman–Crippen MR) is 74.8 cm³/mol. The summed E-state index contributed by atoms with van der Waals surface area (Å²) in [7, 11) is 0. The number of benzene rings is 1. The third kappa shape index (κ3) is 3.28. The predicted octanol–water partition coefficient (Wildman–Crippen LogP) is 4.04. The highest BCUT2D eigenvalue weighted by Gasteiger charge is 2.23. The standard InChI is InChI=1S/C16H22O3/c1-11-7-6-10-14(16(17)18)15(11)19-12(2)13-8-4-3-5-9-13/h6-7,10,12-13H,3-5,8-9H2,1-2H3,(H,17,18). The van der Waals surface area contributed by atoms with Crippen LogP contribution in [0.3, 0.4) is 0 Å². The molecule has 0 saturated heterocycles. The van der Waals surface area contributed by atoms with Gasteiger partial charge in [-0.1, -0.05) is 31.4 Å². The van der Waals surface area contributed by atoms with Gasteiger partial charge in [0.15, 0.2) is 0 Å². The fraction of sp³-hybridized carbons (Fsp3) is 0.562. The molecular weight excluding hydrogens is 240 g/mol. The van der Waals surface area contributed by atoms with Crippen molar-refractivity contribution >= 4 is 5.97 Å². The van der Waals surface area contributed by atoms with E-state index >= 15 is 0 Å². The summed E-state index contributed by atoms with van der Waals surface area (Å²) in [5.74, 6) is 0.164. The molecule has 3 nitrogen and oxygen atoms in total. The van der Waals surface area contributed by atoms with Crippen molar-refractivity contribution in [1.82, 2.24) is 0 Å². The maximum Gasteiger partial charge on any atom is 0.339 e. The molecule has 1 aliphatic rings. The Morgan fingerprint density at radius 1 is 1.32 bits per heavy atom. The van der Waals surface area contributed by atoms with E-state index in [0.29, 0.717) is 11.7 Å². The van der Waals surface area contributed by atoms with Crippen molar-refractivity contribution in [3.8, 4) is 5.75 Å². The first-order chi connectivity index (χ1) is 9.09. The Kier molecular flexibility index (Phi) is 4.46. The van der Waals surface area contributed by atoms with Crippen LogP contribution in [0.2, 0.25) is 0 Å². The van der Waals surface area contributed by atoms with Crippen LogP contribution in [0.1, 0.15) is 54.9 Å². The Hall–Kier alpha value is -1.51. The highest BCUT2D eigenvalue weighted by molar-refractivity contribution is 5.91. The minimum Gasteiger partial charge on any atom is -0.489 e. The molecule has 1 atom stereocenters. The summed E-state index contributed by atoms with van der Waals surface area (Å²) >= 11 is 0. The highest BCUT2D eigenvalue weighted by atomic mass is 16.5. The average Bonchev–Trinajstić information content (AvgIpc) is 2.41. The molecule has 1 unspecified atom stereocenters. The maximum absolute atomic E-state index is 11.3. The molecule has 1 N–H and O–H groups in total. The van der Waals surface area contributed by atoms with Gasteiger partial charge in [0.1, 0.15) is 11.3 Å². The van der Waals surface area contributed by atoms with Gasteiger partial charge in [-0.3, -0.25) is 0 Å². The van der Waals surface area contributed by atoms with Gasteiger partial charge in [-0.2, -0.15) is 0 Å². The second-order valence-electron chi connectivity index (χ2n) is 5.48. The van der Waals surface area contributed by atoms with Gasteiger partial charge in [-0.05, 0) is 44.2 Å². The topological polar surface area (TPSA) is 46.5 Å².